The Bertz CT molecular complexity index is 828. The fourth-order valence-electron chi connectivity index (χ4n) is 3.43. The molecule has 0 spiro atoms. The number of aliphatic carboxylic acids is 1. The summed E-state index contributed by atoms with van der Waals surface area (Å²) in [6, 6.07) is 5.84. The number of aromatic nitrogens is 1. The second-order valence-electron chi connectivity index (χ2n) is 6.34. The number of anilines is 2. The topological polar surface area (TPSA) is 85.4 Å². The highest BCUT2D eigenvalue weighted by Crippen LogP contribution is 2.30. The molecule has 0 radical (unpaired) electrons. The van der Waals surface area contributed by atoms with Gasteiger partial charge >= 0.3 is 5.97 Å². The molecule has 6 heteroatoms. The van der Waals surface area contributed by atoms with Crippen molar-refractivity contribution < 1.29 is 9.90 Å². The molecule has 0 aliphatic carbocycles. The van der Waals surface area contributed by atoms with E-state index in [4.69, 9.17) is 5.11 Å². The van der Waals surface area contributed by atoms with Crippen LogP contribution in [0.15, 0.2) is 23.0 Å². The molecule has 0 bridgehead atoms. The van der Waals surface area contributed by atoms with E-state index in [1.54, 1.807) is 0 Å². The maximum atomic E-state index is 12.3. The second-order valence-corrected chi connectivity index (χ2v) is 6.34. The van der Waals surface area contributed by atoms with Gasteiger partial charge in [0.05, 0.1) is 17.6 Å². The van der Waals surface area contributed by atoms with E-state index in [0.717, 1.165) is 53.6 Å². The number of pyridine rings is 1. The van der Waals surface area contributed by atoms with Crippen molar-refractivity contribution in [1.29, 1.82) is 0 Å². The number of nitrogens with one attached hydrogen (secondary N) is 2. The molecule has 2 heterocycles. The van der Waals surface area contributed by atoms with Crippen molar-refractivity contribution in [2.45, 2.75) is 38.6 Å². The summed E-state index contributed by atoms with van der Waals surface area (Å²) < 4.78 is 0. The van der Waals surface area contributed by atoms with Crippen LogP contribution in [0.3, 0.4) is 0 Å². The molecule has 1 atom stereocenters. The van der Waals surface area contributed by atoms with Crippen LogP contribution in [0.4, 0.5) is 11.4 Å². The van der Waals surface area contributed by atoms with Gasteiger partial charge in [-0.1, -0.05) is 6.92 Å². The lowest BCUT2D eigenvalue weighted by molar-refractivity contribution is -0.137. The standard InChI is InChI=1S/C18H23N3O3/c1-3-11(10-16(22)23)21(2)12-6-7-13-15(9-12)20-18(24)14-5-4-8-19-17(13)14/h6-7,9,11,19H,3-5,8,10H2,1-2H3,(H,20,24)(H,22,23). The number of carbonyl (C=O) groups is 1. The highest BCUT2D eigenvalue weighted by molar-refractivity contribution is 5.95. The number of rotatable bonds is 5. The first-order valence-corrected chi connectivity index (χ1v) is 8.38. The number of carboxylic acids is 1. The third-order valence-electron chi connectivity index (χ3n) is 4.84. The maximum Gasteiger partial charge on any atom is 0.305 e. The number of hydrogen-bond donors (Lipinski definition) is 3. The predicted octanol–water partition coefficient (Wildman–Crippen LogP) is 2.58. The van der Waals surface area contributed by atoms with Gasteiger partial charge in [0.15, 0.2) is 0 Å². The Morgan fingerprint density at radius 3 is 2.92 bits per heavy atom. The van der Waals surface area contributed by atoms with Crippen LogP contribution in [0.2, 0.25) is 0 Å². The number of fused-ring (bicyclic) bond motifs is 3. The van der Waals surface area contributed by atoms with E-state index in [1.807, 2.05) is 37.1 Å². The van der Waals surface area contributed by atoms with E-state index in [1.165, 1.54) is 0 Å². The number of hydrogen-bond acceptors (Lipinski definition) is 4. The van der Waals surface area contributed by atoms with Crippen molar-refractivity contribution in [1.82, 2.24) is 4.98 Å². The van der Waals surface area contributed by atoms with Gasteiger partial charge < -0.3 is 20.3 Å². The fraction of sp³-hybridized carbons (Fsp3) is 0.444. The summed E-state index contributed by atoms with van der Waals surface area (Å²) in [4.78, 5) is 28.3. The molecule has 0 amide bonds. The van der Waals surface area contributed by atoms with Gasteiger partial charge in [0, 0.05) is 36.3 Å². The maximum absolute atomic E-state index is 12.3. The van der Waals surface area contributed by atoms with Crippen LogP contribution in [-0.2, 0) is 11.2 Å². The molecule has 0 saturated carbocycles. The summed E-state index contributed by atoms with van der Waals surface area (Å²) in [7, 11) is 1.90. The third kappa shape index (κ3) is 2.96. The Hall–Kier alpha value is -2.50. The van der Waals surface area contributed by atoms with E-state index in [-0.39, 0.29) is 18.0 Å². The molecule has 1 unspecified atom stereocenters. The molecule has 1 aliphatic heterocycles. The van der Waals surface area contributed by atoms with Gasteiger partial charge in [-0.3, -0.25) is 9.59 Å². The van der Waals surface area contributed by atoms with E-state index in [2.05, 4.69) is 10.3 Å². The summed E-state index contributed by atoms with van der Waals surface area (Å²) in [5, 5.41) is 13.4. The molecule has 6 nitrogen and oxygen atoms in total. The lowest BCUT2D eigenvalue weighted by atomic mass is 10.0. The van der Waals surface area contributed by atoms with Crippen LogP contribution in [-0.4, -0.2) is 35.7 Å². The zero-order valence-corrected chi connectivity index (χ0v) is 14.1. The Labute approximate surface area is 140 Å². The molecule has 0 saturated heterocycles. The van der Waals surface area contributed by atoms with Crippen molar-refractivity contribution in [2.75, 3.05) is 23.8 Å². The predicted molar refractivity (Wildman–Crippen MR) is 96.1 cm³/mol. The van der Waals surface area contributed by atoms with E-state index < -0.39 is 5.97 Å². The van der Waals surface area contributed by atoms with Crippen LogP contribution >= 0.6 is 0 Å². The minimum absolute atomic E-state index is 0.0397. The lowest BCUT2D eigenvalue weighted by Gasteiger charge is -2.28. The molecule has 24 heavy (non-hydrogen) atoms. The molecule has 3 rings (SSSR count). The van der Waals surface area contributed by atoms with Crippen LogP contribution < -0.4 is 15.8 Å². The van der Waals surface area contributed by atoms with Gasteiger partial charge in [-0.05, 0) is 37.5 Å². The van der Waals surface area contributed by atoms with E-state index in [0.29, 0.717) is 0 Å². The zero-order chi connectivity index (χ0) is 17.3. The van der Waals surface area contributed by atoms with E-state index >= 15 is 0 Å². The van der Waals surface area contributed by atoms with Gasteiger partial charge in [-0.2, -0.15) is 0 Å². The highest BCUT2D eigenvalue weighted by Gasteiger charge is 2.19. The average molecular weight is 329 g/mol. The summed E-state index contributed by atoms with van der Waals surface area (Å²) in [5.41, 5.74) is 3.41. The molecule has 1 aromatic carbocycles. The molecule has 3 N–H and O–H groups in total. The molecule has 2 aromatic rings. The molecular weight excluding hydrogens is 306 g/mol. The summed E-state index contributed by atoms with van der Waals surface area (Å²) in [5.74, 6) is -0.804. The number of carboxylic acid groups (broad SMARTS) is 1. The number of aromatic amines is 1. The Kier molecular flexibility index (Phi) is 4.46. The zero-order valence-electron chi connectivity index (χ0n) is 14.1. The van der Waals surface area contributed by atoms with Crippen LogP contribution in [0.1, 0.15) is 31.7 Å². The third-order valence-corrected chi connectivity index (χ3v) is 4.84. The van der Waals surface area contributed by atoms with Crippen molar-refractivity contribution >= 4 is 28.2 Å². The fourth-order valence-corrected chi connectivity index (χ4v) is 3.43. The van der Waals surface area contributed by atoms with Crippen LogP contribution in [0.25, 0.3) is 10.9 Å². The van der Waals surface area contributed by atoms with Crippen molar-refractivity contribution in [2.24, 2.45) is 0 Å². The van der Waals surface area contributed by atoms with Crippen LogP contribution in [0.5, 0.6) is 0 Å². The van der Waals surface area contributed by atoms with Gasteiger partial charge in [0.1, 0.15) is 0 Å². The molecule has 128 valence electrons. The van der Waals surface area contributed by atoms with Gasteiger partial charge in [-0.25, -0.2) is 0 Å². The minimum Gasteiger partial charge on any atom is -0.481 e. The number of H-pyrrole nitrogens is 1. The Morgan fingerprint density at radius 1 is 1.42 bits per heavy atom. The number of benzene rings is 1. The average Bonchev–Trinajstić information content (AvgIpc) is 2.58. The smallest absolute Gasteiger partial charge is 0.305 e. The number of nitrogens with zero attached hydrogens (tertiary/aromatic N) is 1. The summed E-state index contributed by atoms with van der Waals surface area (Å²) >= 11 is 0. The summed E-state index contributed by atoms with van der Waals surface area (Å²) in [6.07, 6.45) is 2.60. The quantitative estimate of drug-likeness (QED) is 0.785. The highest BCUT2D eigenvalue weighted by atomic mass is 16.4. The first-order valence-electron chi connectivity index (χ1n) is 8.38. The van der Waals surface area contributed by atoms with Gasteiger partial charge in [0.25, 0.3) is 5.56 Å². The molecule has 1 aromatic heterocycles. The van der Waals surface area contributed by atoms with Gasteiger partial charge in [-0.15, -0.1) is 0 Å². The van der Waals surface area contributed by atoms with Gasteiger partial charge in [0.2, 0.25) is 0 Å². The molecule has 0 fully saturated rings. The largest absolute Gasteiger partial charge is 0.481 e. The minimum atomic E-state index is -0.804. The summed E-state index contributed by atoms with van der Waals surface area (Å²) in [6.45, 7) is 2.86. The first-order chi connectivity index (χ1) is 11.5. The normalized spacial score (nSPS) is 14.8. The van der Waals surface area contributed by atoms with Crippen LogP contribution in [0, 0.1) is 0 Å². The lowest BCUT2D eigenvalue weighted by Crippen LogP contribution is -2.33. The van der Waals surface area contributed by atoms with Crippen molar-refractivity contribution in [3.05, 3.63) is 34.1 Å². The SMILES string of the molecule is CCC(CC(=O)O)N(C)c1ccc2c3c(c(=O)[nH]c2c1)CCCN3. The first kappa shape index (κ1) is 16.4. The van der Waals surface area contributed by atoms with Crippen molar-refractivity contribution in [3.63, 3.8) is 0 Å². The Morgan fingerprint density at radius 2 is 2.21 bits per heavy atom. The molecular formula is C18H23N3O3. The van der Waals surface area contributed by atoms with Crippen molar-refractivity contribution in [3.8, 4) is 0 Å². The second kappa shape index (κ2) is 6.55. The molecule has 1 aliphatic rings. The monoisotopic (exact) mass is 329 g/mol. The van der Waals surface area contributed by atoms with E-state index in [9.17, 15) is 9.59 Å². The Balaban J connectivity index is 2.02.